The second kappa shape index (κ2) is 9.04. The van der Waals surface area contributed by atoms with Crippen LogP contribution >= 0.6 is 0 Å². The number of aromatic nitrogens is 1. The number of piperidine rings is 1. The van der Waals surface area contributed by atoms with Gasteiger partial charge in [-0.3, -0.25) is 14.4 Å². The highest BCUT2D eigenvalue weighted by atomic mass is 16.2. The Bertz CT molecular complexity index is 1530. The maximum Gasteiger partial charge on any atom is 0.244 e. The fraction of sp³-hybridized carbons (Fsp3) is 0.375. The molecule has 2 aromatic carbocycles. The third-order valence-corrected chi connectivity index (χ3v) is 8.82. The van der Waals surface area contributed by atoms with Crippen molar-refractivity contribution in [2.24, 2.45) is 5.41 Å². The molecule has 1 aliphatic carbocycles. The molecule has 7 nitrogen and oxygen atoms in total. The Kier molecular flexibility index (Phi) is 5.86. The molecule has 200 valence electrons. The fourth-order valence-corrected chi connectivity index (χ4v) is 6.70. The molecule has 1 fully saturated rings. The highest BCUT2D eigenvalue weighted by Gasteiger charge is 2.51. The molecule has 2 unspecified atom stereocenters. The molecule has 3 aromatic rings. The van der Waals surface area contributed by atoms with E-state index in [0.29, 0.717) is 24.3 Å². The molecular weight excluding hydrogens is 488 g/mol. The largest absolute Gasteiger partial charge is 0.326 e. The lowest BCUT2D eigenvalue weighted by Crippen LogP contribution is -2.50. The minimum atomic E-state index is -0.653. The first kappa shape index (κ1) is 25.3. The number of rotatable bonds is 4. The van der Waals surface area contributed by atoms with Gasteiger partial charge in [0.1, 0.15) is 12.4 Å². The first-order valence-corrected chi connectivity index (χ1v) is 13.6. The fourth-order valence-electron chi connectivity index (χ4n) is 6.70. The van der Waals surface area contributed by atoms with Gasteiger partial charge < -0.3 is 15.5 Å². The zero-order chi connectivity index (χ0) is 27.5. The van der Waals surface area contributed by atoms with Gasteiger partial charge in [0.25, 0.3) is 0 Å². The van der Waals surface area contributed by atoms with Crippen molar-refractivity contribution in [3.05, 3.63) is 88.1 Å². The molecule has 3 amide bonds. The van der Waals surface area contributed by atoms with Crippen LogP contribution in [0.2, 0.25) is 0 Å². The van der Waals surface area contributed by atoms with Crippen LogP contribution < -0.4 is 10.6 Å². The predicted molar refractivity (Wildman–Crippen MR) is 150 cm³/mol. The van der Waals surface area contributed by atoms with Crippen LogP contribution in [0.1, 0.15) is 66.1 Å². The number of carbonyl (C=O) groups excluding carboxylic acids is 3. The molecule has 6 rings (SSSR count). The van der Waals surface area contributed by atoms with E-state index in [-0.39, 0.29) is 30.3 Å². The van der Waals surface area contributed by atoms with Crippen molar-refractivity contribution in [3.8, 4) is 0 Å². The van der Waals surface area contributed by atoms with Crippen molar-refractivity contribution in [2.45, 2.75) is 64.8 Å². The van der Waals surface area contributed by atoms with Gasteiger partial charge in [0.05, 0.1) is 11.5 Å². The molecule has 0 saturated carbocycles. The third-order valence-electron chi connectivity index (χ3n) is 8.82. The normalized spacial score (nSPS) is 23.0. The first-order valence-electron chi connectivity index (χ1n) is 13.6. The average molecular weight is 523 g/mol. The van der Waals surface area contributed by atoms with Gasteiger partial charge in [0.15, 0.2) is 0 Å². The van der Waals surface area contributed by atoms with Crippen LogP contribution in [-0.4, -0.2) is 34.2 Å². The Morgan fingerprint density at radius 2 is 1.87 bits per heavy atom. The van der Waals surface area contributed by atoms with Gasteiger partial charge in [-0.05, 0) is 80.0 Å². The SMILES string of the molecule is Cc1ccc(C2CCC(C)(C)C(=O)N2CC(=O)Nc2ccc3c(c2)CC2(C3)C(=O)Nc3ncccc32)c(C)c1. The van der Waals surface area contributed by atoms with Gasteiger partial charge in [-0.15, -0.1) is 0 Å². The van der Waals surface area contributed by atoms with Gasteiger partial charge in [0, 0.05) is 22.9 Å². The molecule has 3 heterocycles. The Hall–Kier alpha value is -4.00. The zero-order valence-electron chi connectivity index (χ0n) is 22.9. The molecule has 0 radical (unpaired) electrons. The molecular formula is C32H34N4O3. The van der Waals surface area contributed by atoms with Crippen molar-refractivity contribution in [3.63, 3.8) is 0 Å². The predicted octanol–water partition coefficient (Wildman–Crippen LogP) is 5.02. The van der Waals surface area contributed by atoms with Gasteiger partial charge in [0.2, 0.25) is 17.7 Å². The quantitative estimate of drug-likeness (QED) is 0.504. The number of fused-ring (bicyclic) bond motifs is 3. The number of nitrogens with zero attached hydrogens (tertiary/aromatic N) is 2. The topological polar surface area (TPSA) is 91.4 Å². The monoisotopic (exact) mass is 522 g/mol. The van der Waals surface area contributed by atoms with Crippen LogP contribution in [0.15, 0.2) is 54.7 Å². The maximum absolute atomic E-state index is 13.5. The maximum atomic E-state index is 13.5. The minimum Gasteiger partial charge on any atom is -0.326 e. The van der Waals surface area contributed by atoms with Crippen LogP contribution in [0, 0.1) is 19.3 Å². The molecule has 2 N–H and O–H groups in total. The second-order valence-electron chi connectivity index (χ2n) is 12.1. The van der Waals surface area contributed by atoms with Crippen LogP contribution in [0.5, 0.6) is 0 Å². The second-order valence-corrected chi connectivity index (χ2v) is 12.1. The number of likely N-dealkylation sites (tertiary alicyclic amines) is 1. The smallest absolute Gasteiger partial charge is 0.244 e. The van der Waals surface area contributed by atoms with E-state index in [1.54, 1.807) is 11.1 Å². The average Bonchev–Trinajstić information content (AvgIpc) is 3.40. The summed E-state index contributed by atoms with van der Waals surface area (Å²) in [6.07, 6.45) is 4.45. The Morgan fingerprint density at radius 1 is 1.08 bits per heavy atom. The number of amides is 3. The minimum absolute atomic E-state index is 0.00397. The number of hydrogen-bond acceptors (Lipinski definition) is 4. The van der Waals surface area contributed by atoms with Crippen LogP contribution in [0.25, 0.3) is 0 Å². The molecule has 1 spiro atoms. The van der Waals surface area contributed by atoms with E-state index in [1.807, 2.05) is 44.2 Å². The summed E-state index contributed by atoms with van der Waals surface area (Å²) in [5.74, 6) is 0.388. The van der Waals surface area contributed by atoms with Crippen LogP contribution in [0.4, 0.5) is 11.5 Å². The van der Waals surface area contributed by atoms with Crippen molar-refractivity contribution in [1.82, 2.24) is 9.88 Å². The molecule has 1 aromatic heterocycles. The molecule has 39 heavy (non-hydrogen) atoms. The molecule has 0 bridgehead atoms. The van der Waals surface area contributed by atoms with Crippen molar-refractivity contribution >= 4 is 29.2 Å². The number of benzene rings is 2. The summed E-state index contributed by atoms with van der Waals surface area (Å²) in [5, 5.41) is 5.96. The van der Waals surface area contributed by atoms with Crippen LogP contribution in [0.3, 0.4) is 0 Å². The van der Waals surface area contributed by atoms with Crippen molar-refractivity contribution in [2.75, 3.05) is 17.2 Å². The molecule has 1 saturated heterocycles. The number of carbonyl (C=O) groups is 3. The Balaban J connectivity index is 1.22. The first-order chi connectivity index (χ1) is 18.6. The summed E-state index contributed by atoms with van der Waals surface area (Å²) in [4.78, 5) is 46.0. The lowest BCUT2D eigenvalue weighted by atomic mass is 9.78. The summed E-state index contributed by atoms with van der Waals surface area (Å²) in [6, 6.07) is 15.8. The number of aryl methyl sites for hydroxylation is 2. The Morgan fingerprint density at radius 3 is 2.67 bits per heavy atom. The van der Waals surface area contributed by atoms with E-state index in [4.69, 9.17) is 0 Å². The highest BCUT2D eigenvalue weighted by Crippen LogP contribution is 2.47. The van der Waals surface area contributed by atoms with E-state index in [1.165, 1.54) is 5.56 Å². The Labute approximate surface area is 229 Å². The lowest BCUT2D eigenvalue weighted by molar-refractivity contribution is -0.150. The van der Waals surface area contributed by atoms with E-state index < -0.39 is 10.8 Å². The number of hydrogen-bond donors (Lipinski definition) is 2. The van der Waals surface area contributed by atoms with E-state index in [0.717, 1.165) is 40.7 Å². The van der Waals surface area contributed by atoms with Crippen molar-refractivity contribution in [1.29, 1.82) is 0 Å². The van der Waals surface area contributed by atoms with Gasteiger partial charge in [-0.25, -0.2) is 4.98 Å². The molecule has 7 heteroatoms. The van der Waals surface area contributed by atoms with Gasteiger partial charge in [-0.1, -0.05) is 49.7 Å². The van der Waals surface area contributed by atoms with Gasteiger partial charge in [-0.2, -0.15) is 0 Å². The zero-order valence-corrected chi connectivity index (χ0v) is 22.9. The number of anilines is 2. The van der Waals surface area contributed by atoms with Gasteiger partial charge >= 0.3 is 0 Å². The lowest BCUT2D eigenvalue weighted by Gasteiger charge is -2.43. The molecule has 3 aliphatic rings. The van der Waals surface area contributed by atoms with E-state index >= 15 is 0 Å². The summed E-state index contributed by atoms with van der Waals surface area (Å²) in [7, 11) is 0. The number of pyridine rings is 1. The molecule has 2 atom stereocenters. The summed E-state index contributed by atoms with van der Waals surface area (Å²) >= 11 is 0. The van der Waals surface area contributed by atoms with E-state index in [2.05, 4.69) is 47.7 Å². The standard InChI is InChI=1S/C32H34N4O3/c1-19-7-10-24(20(2)14-19)26-11-12-31(3,4)30(39)36(26)18-27(37)34-23-9-8-21-16-32(17-22(21)15-23)25-6-5-13-33-28(25)35-29(32)38/h5-10,13-15,26H,11-12,16-18H2,1-4H3,(H,34,37)(H,33,35,38). The van der Waals surface area contributed by atoms with Crippen molar-refractivity contribution < 1.29 is 14.4 Å². The van der Waals surface area contributed by atoms with Crippen LogP contribution in [-0.2, 0) is 32.6 Å². The number of nitrogens with one attached hydrogen (secondary N) is 2. The summed E-state index contributed by atoms with van der Waals surface area (Å²) < 4.78 is 0. The summed E-state index contributed by atoms with van der Waals surface area (Å²) in [5.41, 5.74) is 6.00. The highest BCUT2D eigenvalue weighted by molar-refractivity contribution is 6.06. The third kappa shape index (κ3) is 4.20. The van der Waals surface area contributed by atoms with E-state index in [9.17, 15) is 14.4 Å². The summed E-state index contributed by atoms with van der Waals surface area (Å²) in [6.45, 7) is 8.04. The molecule has 2 aliphatic heterocycles.